The van der Waals surface area contributed by atoms with Crippen LogP contribution in [-0.4, -0.2) is 19.9 Å². The third kappa shape index (κ3) is 3.38. The average molecular weight is 410 g/mol. The van der Waals surface area contributed by atoms with Gasteiger partial charge in [0.1, 0.15) is 0 Å². The SMILES string of the molecule is c1ccc(-c2cc3ccc(-c4ccc5cc(-c6ccccc6)ncc5n4)nc3cn2)cc1. The summed E-state index contributed by atoms with van der Waals surface area (Å²) in [5, 5.41) is 2.11. The lowest BCUT2D eigenvalue weighted by Gasteiger charge is -2.07. The molecule has 0 aliphatic heterocycles. The zero-order valence-corrected chi connectivity index (χ0v) is 17.2. The summed E-state index contributed by atoms with van der Waals surface area (Å²) >= 11 is 0. The molecule has 0 amide bonds. The number of aromatic nitrogens is 4. The largest absolute Gasteiger partial charge is 0.254 e. The number of fused-ring (bicyclic) bond motifs is 2. The van der Waals surface area contributed by atoms with Crippen LogP contribution in [0, 0.1) is 0 Å². The highest BCUT2D eigenvalue weighted by Crippen LogP contribution is 2.26. The molecule has 0 N–H and O–H groups in total. The minimum atomic E-state index is 0.820. The Morgan fingerprint density at radius 2 is 0.844 bits per heavy atom. The van der Waals surface area contributed by atoms with Crippen molar-refractivity contribution in [3.63, 3.8) is 0 Å². The van der Waals surface area contributed by atoms with Crippen LogP contribution in [0.3, 0.4) is 0 Å². The Bertz CT molecular complexity index is 1440. The fraction of sp³-hybridized carbons (Fsp3) is 0. The summed E-state index contributed by atoms with van der Waals surface area (Å²) in [6.07, 6.45) is 3.66. The molecule has 2 aromatic carbocycles. The zero-order chi connectivity index (χ0) is 21.3. The molecule has 0 radical (unpaired) electrons. The molecular formula is C28H18N4. The van der Waals surface area contributed by atoms with Gasteiger partial charge in [0.15, 0.2) is 0 Å². The maximum atomic E-state index is 4.81. The first-order valence-corrected chi connectivity index (χ1v) is 10.5. The number of hydrogen-bond donors (Lipinski definition) is 0. The van der Waals surface area contributed by atoms with Crippen molar-refractivity contribution in [1.82, 2.24) is 19.9 Å². The van der Waals surface area contributed by atoms with Crippen LogP contribution in [-0.2, 0) is 0 Å². The quantitative estimate of drug-likeness (QED) is 0.331. The van der Waals surface area contributed by atoms with E-state index in [0.29, 0.717) is 0 Å². The van der Waals surface area contributed by atoms with Crippen molar-refractivity contribution in [2.24, 2.45) is 0 Å². The number of nitrogens with zero attached hydrogens (tertiary/aromatic N) is 4. The highest BCUT2D eigenvalue weighted by Gasteiger charge is 2.08. The zero-order valence-electron chi connectivity index (χ0n) is 17.2. The summed E-state index contributed by atoms with van der Waals surface area (Å²) in [6.45, 7) is 0. The van der Waals surface area contributed by atoms with Gasteiger partial charge in [-0.25, -0.2) is 9.97 Å². The van der Waals surface area contributed by atoms with Crippen molar-refractivity contribution in [3.8, 4) is 33.9 Å². The highest BCUT2D eigenvalue weighted by atomic mass is 14.8. The van der Waals surface area contributed by atoms with Crippen LogP contribution in [0.1, 0.15) is 0 Å². The average Bonchev–Trinajstić information content (AvgIpc) is 2.88. The molecule has 0 atom stereocenters. The molecule has 0 spiro atoms. The van der Waals surface area contributed by atoms with E-state index in [1.165, 1.54) is 0 Å². The number of hydrogen-bond acceptors (Lipinski definition) is 4. The molecule has 0 unspecified atom stereocenters. The van der Waals surface area contributed by atoms with Crippen molar-refractivity contribution in [2.45, 2.75) is 0 Å². The first-order chi connectivity index (χ1) is 15.8. The van der Waals surface area contributed by atoms with Gasteiger partial charge in [-0.05, 0) is 24.3 Å². The van der Waals surface area contributed by atoms with E-state index in [2.05, 4.69) is 58.5 Å². The van der Waals surface area contributed by atoms with Crippen molar-refractivity contribution in [2.75, 3.05) is 0 Å². The molecule has 0 saturated heterocycles. The molecule has 4 heterocycles. The fourth-order valence-corrected chi connectivity index (χ4v) is 3.87. The third-order valence-corrected chi connectivity index (χ3v) is 5.55. The third-order valence-electron chi connectivity index (χ3n) is 5.55. The normalized spacial score (nSPS) is 11.1. The standard InChI is InChI=1S/C28H18N4/c1-3-7-19(8-4-1)25-15-21-11-13-23(31-27(21)17-29-25)24-14-12-22-16-26(30-18-28(22)32-24)20-9-5-2-6-10-20/h1-18H. The molecule has 6 rings (SSSR count). The van der Waals surface area contributed by atoms with Crippen molar-refractivity contribution in [1.29, 1.82) is 0 Å². The van der Waals surface area contributed by atoms with E-state index < -0.39 is 0 Å². The summed E-state index contributed by atoms with van der Waals surface area (Å²) in [4.78, 5) is 18.8. The molecule has 4 aromatic heterocycles. The number of rotatable bonds is 3. The molecule has 4 heteroatoms. The Labute approximate surface area is 185 Å². The molecule has 0 fully saturated rings. The molecule has 0 bridgehead atoms. The molecule has 0 aliphatic rings. The van der Waals surface area contributed by atoms with E-state index in [4.69, 9.17) is 9.97 Å². The van der Waals surface area contributed by atoms with E-state index in [-0.39, 0.29) is 0 Å². The smallest absolute Gasteiger partial charge is 0.0894 e. The van der Waals surface area contributed by atoms with Gasteiger partial charge >= 0.3 is 0 Å². The first-order valence-electron chi connectivity index (χ1n) is 10.5. The first kappa shape index (κ1) is 18.3. The Morgan fingerprint density at radius 1 is 0.406 bits per heavy atom. The summed E-state index contributed by atoms with van der Waals surface area (Å²) in [5.74, 6) is 0. The summed E-state index contributed by atoms with van der Waals surface area (Å²) in [7, 11) is 0. The van der Waals surface area contributed by atoms with Gasteiger partial charge in [-0.2, -0.15) is 0 Å². The molecule has 0 saturated carbocycles. The van der Waals surface area contributed by atoms with Crippen LogP contribution in [0.2, 0.25) is 0 Å². The minimum absolute atomic E-state index is 0.820. The predicted octanol–water partition coefficient (Wildman–Crippen LogP) is 6.57. The van der Waals surface area contributed by atoms with E-state index in [0.717, 1.165) is 55.7 Å². The fourth-order valence-electron chi connectivity index (χ4n) is 3.87. The van der Waals surface area contributed by atoms with E-state index in [9.17, 15) is 0 Å². The van der Waals surface area contributed by atoms with E-state index >= 15 is 0 Å². The van der Waals surface area contributed by atoms with Crippen LogP contribution in [0.4, 0.5) is 0 Å². The summed E-state index contributed by atoms with van der Waals surface area (Å²) in [5.41, 5.74) is 7.41. The van der Waals surface area contributed by atoms with Gasteiger partial charge in [0.25, 0.3) is 0 Å². The van der Waals surface area contributed by atoms with Gasteiger partial charge in [-0.1, -0.05) is 72.8 Å². The van der Waals surface area contributed by atoms with Crippen LogP contribution in [0.5, 0.6) is 0 Å². The van der Waals surface area contributed by atoms with Crippen molar-refractivity contribution < 1.29 is 0 Å². The molecular weight excluding hydrogens is 392 g/mol. The van der Waals surface area contributed by atoms with Crippen LogP contribution in [0.15, 0.2) is 109 Å². The van der Waals surface area contributed by atoms with Crippen molar-refractivity contribution >= 4 is 21.8 Å². The Balaban J connectivity index is 1.36. The number of benzene rings is 2. The lowest BCUT2D eigenvalue weighted by molar-refractivity contribution is 1.27. The maximum absolute atomic E-state index is 4.81. The summed E-state index contributed by atoms with van der Waals surface area (Å²) in [6, 6.07) is 32.7. The van der Waals surface area contributed by atoms with Crippen molar-refractivity contribution in [3.05, 3.63) is 109 Å². The Hall–Kier alpha value is -4.44. The maximum Gasteiger partial charge on any atom is 0.0894 e. The van der Waals surface area contributed by atoms with Gasteiger partial charge < -0.3 is 0 Å². The molecule has 4 nitrogen and oxygen atoms in total. The second-order valence-electron chi connectivity index (χ2n) is 7.65. The lowest BCUT2D eigenvalue weighted by Crippen LogP contribution is -1.92. The Morgan fingerprint density at radius 3 is 1.28 bits per heavy atom. The van der Waals surface area contributed by atoms with Gasteiger partial charge in [0, 0.05) is 21.9 Å². The van der Waals surface area contributed by atoms with Crippen LogP contribution in [0.25, 0.3) is 55.7 Å². The Kier molecular flexibility index (Phi) is 4.40. The predicted molar refractivity (Wildman–Crippen MR) is 129 cm³/mol. The topological polar surface area (TPSA) is 51.6 Å². The highest BCUT2D eigenvalue weighted by molar-refractivity contribution is 5.86. The molecule has 6 aromatic rings. The van der Waals surface area contributed by atoms with E-state index in [1.807, 2.05) is 60.9 Å². The second kappa shape index (κ2) is 7.67. The number of pyridine rings is 4. The second-order valence-corrected chi connectivity index (χ2v) is 7.65. The van der Waals surface area contributed by atoms with E-state index in [1.54, 1.807) is 0 Å². The van der Waals surface area contributed by atoms with Gasteiger partial charge in [0.2, 0.25) is 0 Å². The molecule has 32 heavy (non-hydrogen) atoms. The van der Waals surface area contributed by atoms with Crippen LogP contribution >= 0.6 is 0 Å². The van der Waals surface area contributed by atoms with Gasteiger partial charge in [0.05, 0.1) is 46.2 Å². The van der Waals surface area contributed by atoms with Gasteiger partial charge in [-0.15, -0.1) is 0 Å². The summed E-state index contributed by atoms with van der Waals surface area (Å²) < 4.78 is 0. The lowest BCUT2D eigenvalue weighted by atomic mass is 10.1. The monoisotopic (exact) mass is 410 g/mol. The molecule has 0 aliphatic carbocycles. The van der Waals surface area contributed by atoms with Crippen LogP contribution < -0.4 is 0 Å². The minimum Gasteiger partial charge on any atom is -0.254 e. The molecule has 150 valence electrons. The van der Waals surface area contributed by atoms with Gasteiger partial charge in [-0.3, -0.25) is 9.97 Å².